The number of nitrogens with one attached hydrogen (secondary N) is 1. The molecule has 20 heavy (non-hydrogen) atoms. The van der Waals surface area contributed by atoms with Crippen LogP contribution in [-0.4, -0.2) is 40.4 Å². The molecule has 1 unspecified atom stereocenters. The number of amides is 1. The fourth-order valence-corrected chi connectivity index (χ4v) is 2.68. The normalized spacial score (nSPS) is 18.6. The Labute approximate surface area is 120 Å². The number of nitrogens with zero attached hydrogens (tertiary/aromatic N) is 3. The summed E-state index contributed by atoms with van der Waals surface area (Å²) in [7, 11) is 1.80. The monoisotopic (exact) mass is 276 g/mol. The van der Waals surface area contributed by atoms with Crippen molar-refractivity contribution in [3.05, 3.63) is 17.7 Å². The summed E-state index contributed by atoms with van der Waals surface area (Å²) in [6.07, 6.45) is 4.90. The first-order chi connectivity index (χ1) is 9.58. The summed E-state index contributed by atoms with van der Waals surface area (Å²) in [5, 5.41) is 3.03. The minimum atomic E-state index is 0.0306. The van der Waals surface area contributed by atoms with Crippen molar-refractivity contribution >= 4 is 11.6 Å². The molecule has 1 fully saturated rings. The van der Waals surface area contributed by atoms with Crippen LogP contribution in [0.5, 0.6) is 0 Å². The maximum absolute atomic E-state index is 12.8. The summed E-state index contributed by atoms with van der Waals surface area (Å²) in [6.45, 7) is 7.04. The number of carbonyl (C=O) groups excluding carboxylic acids is 1. The second kappa shape index (κ2) is 6.20. The molecule has 1 aliphatic rings. The first kappa shape index (κ1) is 14.8. The summed E-state index contributed by atoms with van der Waals surface area (Å²) in [6, 6.07) is 0.352. The van der Waals surface area contributed by atoms with E-state index in [0.717, 1.165) is 31.6 Å². The molecule has 0 spiro atoms. The zero-order valence-corrected chi connectivity index (χ0v) is 12.8. The Morgan fingerprint density at radius 1 is 1.55 bits per heavy atom. The second-order valence-electron chi connectivity index (χ2n) is 5.60. The lowest BCUT2D eigenvalue weighted by Gasteiger charge is -2.24. The molecule has 2 heterocycles. The van der Waals surface area contributed by atoms with Crippen molar-refractivity contribution in [2.24, 2.45) is 0 Å². The summed E-state index contributed by atoms with van der Waals surface area (Å²) >= 11 is 0. The van der Waals surface area contributed by atoms with Gasteiger partial charge in [-0.25, -0.2) is 9.97 Å². The lowest BCUT2D eigenvalue weighted by molar-refractivity contribution is 0.0728. The summed E-state index contributed by atoms with van der Waals surface area (Å²) in [5.41, 5.74) is 1.22. The van der Waals surface area contributed by atoms with Gasteiger partial charge in [0.05, 0.1) is 11.9 Å². The lowest BCUT2D eigenvalue weighted by Crippen LogP contribution is -2.36. The van der Waals surface area contributed by atoms with E-state index in [1.54, 1.807) is 13.2 Å². The van der Waals surface area contributed by atoms with Gasteiger partial charge < -0.3 is 10.2 Å². The summed E-state index contributed by atoms with van der Waals surface area (Å²) in [5.74, 6) is 0.968. The van der Waals surface area contributed by atoms with Gasteiger partial charge in [0.2, 0.25) is 0 Å². The first-order valence-corrected chi connectivity index (χ1v) is 7.44. The van der Waals surface area contributed by atoms with Gasteiger partial charge in [-0.2, -0.15) is 0 Å². The number of aromatic nitrogens is 2. The molecule has 1 aliphatic heterocycles. The number of hydrogen-bond donors (Lipinski definition) is 1. The maximum atomic E-state index is 12.8. The molecule has 1 saturated heterocycles. The van der Waals surface area contributed by atoms with Gasteiger partial charge in [0.25, 0.3) is 5.91 Å². The molecule has 2 rings (SSSR count). The van der Waals surface area contributed by atoms with Gasteiger partial charge in [-0.15, -0.1) is 0 Å². The SMILES string of the molecule is CCC1CCCN1C(=O)c1nc(C(C)C)ncc1NC. The molecule has 0 saturated carbocycles. The second-order valence-corrected chi connectivity index (χ2v) is 5.60. The van der Waals surface area contributed by atoms with E-state index < -0.39 is 0 Å². The molecule has 1 amide bonds. The van der Waals surface area contributed by atoms with Crippen LogP contribution >= 0.6 is 0 Å². The van der Waals surface area contributed by atoms with Gasteiger partial charge in [-0.3, -0.25) is 4.79 Å². The number of hydrogen-bond acceptors (Lipinski definition) is 4. The van der Waals surface area contributed by atoms with E-state index in [4.69, 9.17) is 0 Å². The van der Waals surface area contributed by atoms with Crippen LogP contribution in [0.2, 0.25) is 0 Å². The highest BCUT2D eigenvalue weighted by atomic mass is 16.2. The van der Waals surface area contributed by atoms with Gasteiger partial charge in [-0.1, -0.05) is 20.8 Å². The molecule has 1 aromatic heterocycles. The van der Waals surface area contributed by atoms with Gasteiger partial charge in [0, 0.05) is 25.6 Å². The minimum absolute atomic E-state index is 0.0306. The molecule has 0 bridgehead atoms. The van der Waals surface area contributed by atoms with E-state index >= 15 is 0 Å². The topological polar surface area (TPSA) is 58.1 Å². The first-order valence-electron chi connectivity index (χ1n) is 7.44. The molecule has 0 aliphatic carbocycles. The smallest absolute Gasteiger partial charge is 0.274 e. The predicted octanol–water partition coefficient (Wildman–Crippen LogP) is 2.66. The van der Waals surface area contributed by atoms with Crippen LogP contribution < -0.4 is 5.32 Å². The van der Waals surface area contributed by atoms with E-state index in [1.165, 1.54) is 0 Å². The Kier molecular flexibility index (Phi) is 4.57. The van der Waals surface area contributed by atoms with Gasteiger partial charge >= 0.3 is 0 Å². The highest BCUT2D eigenvalue weighted by Gasteiger charge is 2.30. The van der Waals surface area contributed by atoms with Crippen molar-refractivity contribution < 1.29 is 4.79 Å². The van der Waals surface area contributed by atoms with Crippen LogP contribution in [-0.2, 0) is 0 Å². The van der Waals surface area contributed by atoms with Crippen LogP contribution in [0.3, 0.4) is 0 Å². The lowest BCUT2D eigenvalue weighted by atomic mass is 10.1. The third kappa shape index (κ3) is 2.76. The molecule has 0 radical (unpaired) electrons. The van der Waals surface area contributed by atoms with Crippen LogP contribution in [0.15, 0.2) is 6.20 Å². The molecule has 5 heteroatoms. The number of anilines is 1. The fourth-order valence-electron chi connectivity index (χ4n) is 2.68. The fraction of sp³-hybridized carbons (Fsp3) is 0.667. The zero-order valence-electron chi connectivity index (χ0n) is 12.8. The minimum Gasteiger partial charge on any atom is -0.385 e. The van der Waals surface area contributed by atoms with Crippen LogP contribution in [0.4, 0.5) is 5.69 Å². The Balaban J connectivity index is 2.34. The van der Waals surface area contributed by atoms with Crippen molar-refractivity contribution in [3.63, 3.8) is 0 Å². The molecule has 1 aromatic rings. The van der Waals surface area contributed by atoms with Crippen molar-refractivity contribution in [1.82, 2.24) is 14.9 Å². The Bertz CT molecular complexity index is 487. The third-order valence-electron chi connectivity index (χ3n) is 3.90. The quantitative estimate of drug-likeness (QED) is 0.918. The van der Waals surface area contributed by atoms with Gasteiger partial charge in [0.1, 0.15) is 5.82 Å². The summed E-state index contributed by atoms with van der Waals surface area (Å²) < 4.78 is 0. The van der Waals surface area contributed by atoms with Crippen molar-refractivity contribution in [2.75, 3.05) is 18.9 Å². The van der Waals surface area contributed by atoms with E-state index in [1.807, 2.05) is 18.7 Å². The van der Waals surface area contributed by atoms with E-state index in [9.17, 15) is 4.79 Å². The Morgan fingerprint density at radius 3 is 2.90 bits per heavy atom. The molecule has 1 atom stereocenters. The van der Waals surface area contributed by atoms with E-state index in [2.05, 4.69) is 22.2 Å². The molecule has 1 N–H and O–H groups in total. The highest BCUT2D eigenvalue weighted by molar-refractivity contribution is 5.97. The van der Waals surface area contributed by atoms with Crippen LogP contribution in [0, 0.1) is 0 Å². The van der Waals surface area contributed by atoms with Gasteiger partial charge in [-0.05, 0) is 19.3 Å². The Hall–Kier alpha value is -1.65. The van der Waals surface area contributed by atoms with Crippen LogP contribution in [0.1, 0.15) is 62.3 Å². The largest absolute Gasteiger partial charge is 0.385 e. The number of carbonyl (C=O) groups is 1. The molecule has 5 nitrogen and oxygen atoms in total. The van der Waals surface area contributed by atoms with E-state index in [-0.39, 0.29) is 11.8 Å². The van der Waals surface area contributed by atoms with Crippen molar-refractivity contribution in [1.29, 1.82) is 0 Å². The van der Waals surface area contributed by atoms with Crippen LogP contribution in [0.25, 0.3) is 0 Å². The number of rotatable bonds is 4. The molecule has 110 valence electrons. The highest BCUT2D eigenvalue weighted by Crippen LogP contribution is 2.24. The van der Waals surface area contributed by atoms with Crippen molar-refractivity contribution in [3.8, 4) is 0 Å². The van der Waals surface area contributed by atoms with E-state index in [0.29, 0.717) is 17.4 Å². The van der Waals surface area contributed by atoms with Crippen molar-refractivity contribution in [2.45, 2.75) is 52.0 Å². The average Bonchev–Trinajstić information content (AvgIpc) is 2.94. The number of likely N-dealkylation sites (tertiary alicyclic amines) is 1. The zero-order chi connectivity index (χ0) is 14.7. The maximum Gasteiger partial charge on any atom is 0.274 e. The molecular formula is C15H24N4O. The Morgan fingerprint density at radius 2 is 2.30 bits per heavy atom. The predicted molar refractivity (Wildman–Crippen MR) is 80.0 cm³/mol. The molecule has 0 aromatic carbocycles. The average molecular weight is 276 g/mol. The summed E-state index contributed by atoms with van der Waals surface area (Å²) in [4.78, 5) is 23.5. The standard InChI is InChI=1S/C15H24N4O/c1-5-11-7-6-8-19(11)15(20)13-12(16-4)9-17-14(18-13)10(2)3/h9-11,16H,5-8H2,1-4H3. The van der Waals surface area contributed by atoms with Gasteiger partial charge in [0.15, 0.2) is 5.69 Å². The molecular weight excluding hydrogens is 252 g/mol. The third-order valence-corrected chi connectivity index (χ3v) is 3.90.